The molecule has 1 N–H and O–H groups in total. The van der Waals surface area contributed by atoms with Crippen molar-refractivity contribution in [3.63, 3.8) is 0 Å². The van der Waals surface area contributed by atoms with Crippen LogP contribution in [0, 0.1) is 5.82 Å². The number of rotatable bonds is 4. The van der Waals surface area contributed by atoms with Crippen molar-refractivity contribution in [2.24, 2.45) is 0 Å². The van der Waals surface area contributed by atoms with Gasteiger partial charge in [0.1, 0.15) is 11.6 Å². The van der Waals surface area contributed by atoms with Crippen molar-refractivity contribution < 1.29 is 13.9 Å². The molecule has 5 heteroatoms. The minimum atomic E-state index is -0.401. The van der Waals surface area contributed by atoms with Gasteiger partial charge in [-0.05, 0) is 60.1 Å². The van der Waals surface area contributed by atoms with Crippen LogP contribution in [0.2, 0.25) is 0 Å². The Hall–Kier alpha value is -1.88. The van der Waals surface area contributed by atoms with Gasteiger partial charge in [0, 0.05) is 4.47 Å². The molecule has 0 saturated heterocycles. The molecular formula is C16H15BrFNO2. The number of anilines is 1. The SMILES string of the molecule is CC(C)Oc1ccccc1NC(=O)c1ccc(F)cc1Br. The summed E-state index contributed by atoms with van der Waals surface area (Å²) in [6.07, 6.45) is 0.000564. The first-order chi connectivity index (χ1) is 9.97. The lowest BCUT2D eigenvalue weighted by molar-refractivity contribution is 0.102. The number of hydrogen-bond acceptors (Lipinski definition) is 2. The van der Waals surface area contributed by atoms with Gasteiger partial charge in [-0.25, -0.2) is 4.39 Å². The zero-order valence-electron chi connectivity index (χ0n) is 11.7. The Labute approximate surface area is 131 Å². The van der Waals surface area contributed by atoms with E-state index in [0.29, 0.717) is 21.5 Å². The molecule has 0 atom stereocenters. The molecular weight excluding hydrogens is 337 g/mol. The van der Waals surface area contributed by atoms with Crippen molar-refractivity contribution in [1.82, 2.24) is 0 Å². The van der Waals surface area contributed by atoms with E-state index in [1.807, 2.05) is 26.0 Å². The molecule has 21 heavy (non-hydrogen) atoms. The van der Waals surface area contributed by atoms with Gasteiger partial charge >= 0.3 is 0 Å². The van der Waals surface area contributed by atoms with E-state index in [1.165, 1.54) is 18.2 Å². The monoisotopic (exact) mass is 351 g/mol. The number of para-hydroxylation sites is 2. The molecule has 0 bridgehead atoms. The number of carbonyl (C=O) groups is 1. The Morgan fingerprint density at radius 2 is 1.95 bits per heavy atom. The van der Waals surface area contributed by atoms with Crippen LogP contribution in [0.1, 0.15) is 24.2 Å². The molecule has 3 nitrogen and oxygen atoms in total. The zero-order valence-corrected chi connectivity index (χ0v) is 13.3. The predicted octanol–water partition coefficient (Wildman–Crippen LogP) is 4.63. The smallest absolute Gasteiger partial charge is 0.256 e. The fourth-order valence-electron chi connectivity index (χ4n) is 1.79. The summed E-state index contributed by atoms with van der Waals surface area (Å²) in [5.41, 5.74) is 0.933. The van der Waals surface area contributed by atoms with E-state index in [1.54, 1.807) is 12.1 Å². The number of nitrogens with one attached hydrogen (secondary N) is 1. The van der Waals surface area contributed by atoms with Gasteiger partial charge in [0.05, 0.1) is 17.4 Å². The molecule has 0 radical (unpaired) electrons. The van der Waals surface area contributed by atoms with Crippen molar-refractivity contribution in [1.29, 1.82) is 0 Å². The third-order valence-corrected chi connectivity index (χ3v) is 3.33. The largest absolute Gasteiger partial charge is 0.489 e. The van der Waals surface area contributed by atoms with Crippen LogP contribution in [0.5, 0.6) is 5.75 Å². The van der Waals surface area contributed by atoms with Gasteiger partial charge in [0.25, 0.3) is 5.91 Å². The fourth-order valence-corrected chi connectivity index (χ4v) is 2.32. The zero-order chi connectivity index (χ0) is 15.4. The molecule has 0 aromatic heterocycles. The molecule has 0 saturated carbocycles. The van der Waals surface area contributed by atoms with Crippen LogP contribution in [0.3, 0.4) is 0 Å². The number of carbonyl (C=O) groups excluding carboxylic acids is 1. The quantitative estimate of drug-likeness (QED) is 0.872. The highest BCUT2D eigenvalue weighted by molar-refractivity contribution is 9.10. The Morgan fingerprint density at radius 1 is 1.24 bits per heavy atom. The van der Waals surface area contributed by atoms with E-state index >= 15 is 0 Å². The van der Waals surface area contributed by atoms with E-state index in [4.69, 9.17) is 4.74 Å². The molecule has 0 fully saturated rings. The molecule has 2 aromatic rings. The van der Waals surface area contributed by atoms with E-state index in [9.17, 15) is 9.18 Å². The topological polar surface area (TPSA) is 38.3 Å². The summed E-state index contributed by atoms with van der Waals surface area (Å²) in [7, 11) is 0. The molecule has 0 aliphatic carbocycles. The minimum Gasteiger partial charge on any atom is -0.489 e. The van der Waals surface area contributed by atoms with Crippen LogP contribution in [0.15, 0.2) is 46.9 Å². The van der Waals surface area contributed by atoms with Gasteiger partial charge in [-0.2, -0.15) is 0 Å². The highest BCUT2D eigenvalue weighted by Gasteiger charge is 2.13. The van der Waals surface area contributed by atoms with Gasteiger partial charge < -0.3 is 10.1 Å². The molecule has 0 aliphatic heterocycles. The van der Waals surface area contributed by atoms with Crippen molar-refractivity contribution >= 4 is 27.5 Å². The lowest BCUT2D eigenvalue weighted by Crippen LogP contribution is -2.15. The maximum absolute atomic E-state index is 13.1. The standard InChI is InChI=1S/C16H15BrFNO2/c1-10(2)21-15-6-4-3-5-14(15)19-16(20)12-8-7-11(18)9-13(12)17/h3-10H,1-2H3,(H,19,20). The van der Waals surface area contributed by atoms with Gasteiger partial charge in [-0.3, -0.25) is 4.79 Å². The van der Waals surface area contributed by atoms with Crippen molar-refractivity contribution in [2.75, 3.05) is 5.32 Å². The Balaban J connectivity index is 2.23. The number of benzene rings is 2. The van der Waals surface area contributed by atoms with Gasteiger partial charge in [0.15, 0.2) is 0 Å². The Morgan fingerprint density at radius 3 is 2.62 bits per heavy atom. The molecule has 0 unspecified atom stereocenters. The average molecular weight is 352 g/mol. The van der Waals surface area contributed by atoms with E-state index in [2.05, 4.69) is 21.2 Å². The Kier molecular flexibility index (Phi) is 4.96. The summed E-state index contributed by atoms with van der Waals surface area (Å²) in [5.74, 6) is -0.136. The highest BCUT2D eigenvalue weighted by Crippen LogP contribution is 2.26. The van der Waals surface area contributed by atoms with Crippen LogP contribution in [0.4, 0.5) is 10.1 Å². The lowest BCUT2D eigenvalue weighted by Gasteiger charge is -2.15. The van der Waals surface area contributed by atoms with E-state index in [0.717, 1.165) is 0 Å². The molecule has 0 spiro atoms. The van der Waals surface area contributed by atoms with E-state index in [-0.39, 0.29) is 12.0 Å². The summed E-state index contributed by atoms with van der Waals surface area (Å²) < 4.78 is 19.1. The van der Waals surface area contributed by atoms with Crippen LogP contribution < -0.4 is 10.1 Å². The molecule has 2 rings (SSSR count). The third kappa shape index (κ3) is 4.04. The first kappa shape index (κ1) is 15.5. The average Bonchev–Trinajstić information content (AvgIpc) is 2.40. The molecule has 110 valence electrons. The van der Waals surface area contributed by atoms with Crippen LogP contribution in [-0.4, -0.2) is 12.0 Å². The van der Waals surface area contributed by atoms with Crippen molar-refractivity contribution in [3.8, 4) is 5.75 Å². The van der Waals surface area contributed by atoms with Gasteiger partial charge in [-0.1, -0.05) is 12.1 Å². The third-order valence-electron chi connectivity index (χ3n) is 2.67. The first-order valence-electron chi connectivity index (χ1n) is 6.49. The molecule has 2 aromatic carbocycles. The summed E-state index contributed by atoms with van der Waals surface area (Å²) in [6.45, 7) is 3.82. The van der Waals surface area contributed by atoms with E-state index < -0.39 is 5.82 Å². The Bertz CT molecular complexity index is 658. The lowest BCUT2D eigenvalue weighted by atomic mass is 10.2. The second-order valence-electron chi connectivity index (χ2n) is 4.74. The van der Waals surface area contributed by atoms with Crippen LogP contribution >= 0.6 is 15.9 Å². The van der Waals surface area contributed by atoms with Crippen LogP contribution in [-0.2, 0) is 0 Å². The highest BCUT2D eigenvalue weighted by atomic mass is 79.9. The van der Waals surface area contributed by atoms with Crippen LogP contribution in [0.25, 0.3) is 0 Å². The molecule has 1 amide bonds. The normalized spacial score (nSPS) is 10.5. The second kappa shape index (κ2) is 6.72. The number of halogens is 2. The van der Waals surface area contributed by atoms with Crippen molar-refractivity contribution in [2.45, 2.75) is 20.0 Å². The molecule has 0 heterocycles. The predicted molar refractivity (Wildman–Crippen MR) is 84.3 cm³/mol. The number of ether oxygens (including phenoxy) is 1. The number of amides is 1. The van der Waals surface area contributed by atoms with Crippen molar-refractivity contribution in [3.05, 3.63) is 58.3 Å². The maximum Gasteiger partial charge on any atom is 0.256 e. The van der Waals surface area contributed by atoms with Gasteiger partial charge in [-0.15, -0.1) is 0 Å². The maximum atomic E-state index is 13.1. The first-order valence-corrected chi connectivity index (χ1v) is 7.28. The minimum absolute atomic E-state index is 0.000564. The summed E-state index contributed by atoms with van der Waals surface area (Å²) >= 11 is 3.19. The number of hydrogen-bond donors (Lipinski definition) is 1. The summed E-state index contributed by atoms with van der Waals surface area (Å²) in [5, 5.41) is 2.78. The molecule has 0 aliphatic rings. The van der Waals surface area contributed by atoms with Gasteiger partial charge in [0.2, 0.25) is 0 Å². The summed E-state index contributed by atoms with van der Waals surface area (Å²) in [4.78, 5) is 12.3. The summed E-state index contributed by atoms with van der Waals surface area (Å²) in [6, 6.07) is 11.1. The second-order valence-corrected chi connectivity index (χ2v) is 5.60. The fraction of sp³-hybridized carbons (Fsp3) is 0.188.